The highest BCUT2D eigenvalue weighted by molar-refractivity contribution is 5.90. The summed E-state index contributed by atoms with van der Waals surface area (Å²) >= 11 is 0. The van der Waals surface area contributed by atoms with E-state index in [1.807, 2.05) is 6.92 Å². The number of carbonyl (C=O) groups is 1. The Hall–Kier alpha value is -2.57. The molecule has 1 aromatic heterocycles. The second-order valence-corrected chi connectivity index (χ2v) is 5.13. The fourth-order valence-corrected chi connectivity index (χ4v) is 2.01. The SMILES string of the molecule is CCCCc1cc(=O)n(CC(=O)Nc2ccc(F)c(F)c2)cn1. The van der Waals surface area contributed by atoms with Gasteiger partial charge in [0.25, 0.3) is 5.56 Å². The molecule has 2 aromatic rings. The molecule has 0 fully saturated rings. The fourth-order valence-electron chi connectivity index (χ4n) is 2.01. The lowest BCUT2D eigenvalue weighted by molar-refractivity contribution is -0.116. The van der Waals surface area contributed by atoms with Gasteiger partial charge in [-0.15, -0.1) is 0 Å². The van der Waals surface area contributed by atoms with Gasteiger partial charge in [0, 0.05) is 23.5 Å². The summed E-state index contributed by atoms with van der Waals surface area (Å²) in [7, 11) is 0. The topological polar surface area (TPSA) is 64.0 Å². The molecule has 1 amide bonds. The highest BCUT2D eigenvalue weighted by Crippen LogP contribution is 2.12. The van der Waals surface area contributed by atoms with Gasteiger partial charge in [-0.3, -0.25) is 14.2 Å². The van der Waals surface area contributed by atoms with Crippen LogP contribution in [0.4, 0.5) is 14.5 Å². The van der Waals surface area contributed by atoms with Gasteiger partial charge in [0.15, 0.2) is 11.6 Å². The number of benzene rings is 1. The molecule has 0 spiro atoms. The Balaban J connectivity index is 2.02. The summed E-state index contributed by atoms with van der Waals surface area (Å²) in [6.45, 7) is 1.79. The first kappa shape index (κ1) is 16.8. The van der Waals surface area contributed by atoms with Crippen LogP contribution in [0.2, 0.25) is 0 Å². The molecule has 1 aromatic carbocycles. The average molecular weight is 321 g/mol. The minimum Gasteiger partial charge on any atom is -0.324 e. The van der Waals surface area contributed by atoms with Crippen molar-refractivity contribution in [3.8, 4) is 0 Å². The normalized spacial score (nSPS) is 10.6. The summed E-state index contributed by atoms with van der Waals surface area (Å²) in [6, 6.07) is 4.44. The van der Waals surface area contributed by atoms with E-state index >= 15 is 0 Å². The first-order chi connectivity index (χ1) is 11.0. The Morgan fingerprint density at radius 3 is 2.70 bits per heavy atom. The van der Waals surface area contributed by atoms with Gasteiger partial charge in [-0.25, -0.2) is 13.8 Å². The van der Waals surface area contributed by atoms with Crippen LogP contribution in [0.3, 0.4) is 0 Å². The maximum atomic E-state index is 13.1. The highest BCUT2D eigenvalue weighted by Gasteiger charge is 2.08. The Labute approximate surface area is 132 Å². The maximum absolute atomic E-state index is 13.1. The Morgan fingerprint density at radius 2 is 2.04 bits per heavy atom. The molecule has 0 radical (unpaired) electrons. The summed E-state index contributed by atoms with van der Waals surface area (Å²) in [6.07, 6.45) is 3.97. The zero-order chi connectivity index (χ0) is 16.8. The molecular weight excluding hydrogens is 304 g/mol. The van der Waals surface area contributed by atoms with Crippen LogP contribution in [0.5, 0.6) is 0 Å². The molecule has 0 aliphatic rings. The number of hydrogen-bond acceptors (Lipinski definition) is 3. The summed E-state index contributed by atoms with van der Waals surface area (Å²) < 4.78 is 27.1. The lowest BCUT2D eigenvalue weighted by Gasteiger charge is -2.08. The number of aromatic nitrogens is 2. The first-order valence-corrected chi connectivity index (χ1v) is 7.30. The van der Waals surface area contributed by atoms with E-state index in [9.17, 15) is 18.4 Å². The van der Waals surface area contributed by atoms with Gasteiger partial charge in [-0.05, 0) is 25.0 Å². The lowest BCUT2D eigenvalue weighted by Crippen LogP contribution is -2.28. The van der Waals surface area contributed by atoms with Crippen LogP contribution < -0.4 is 10.9 Å². The number of aryl methyl sites for hydroxylation is 1. The number of rotatable bonds is 6. The van der Waals surface area contributed by atoms with Crippen molar-refractivity contribution in [2.75, 3.05) is 5.32 Å². The van der Waals surface area contributed by atoms with Crippen LogP contribution in [-0.2, 0) is 17.8 Å². The molecule has 0 saturated carbocycles. The molecule has 2 rings (SSSR count). The number of halogens is 2. The van der Waals surface area contributed by atoms with Crippen molar-refractivity contribution in [2.24, 2.45) is 0 Å². The quantitative estimate of drug-likeness (QED) is 0.889. The minimum atomic E-state index is -1.05. The number of unbranched alkanes of at least 4 members (excludes halogenated alkanes) is 1. The second-order valence-electron chi connectivity index (χ2n) is 5.13. The van der Waals surface area contributed by atoms with Gasteiger partial charge in [-0.2, -0.15) is 0 Å². The van der Waals surface area contributed by atoms with Crippen molar-refractivity contribution in [1.82, 2.24) is 9.55 Å². The molecule has 0 aliphatic heterocycles. The number of amides is 1. The van der Waals surface area contributed by atoms with E-state index in [-0.39, 0.29) is 17.8 Å². The predicted octanol–water partition coefficient (Wildman–Crippen LogP) is 2.50. The van der Waals surface area contributed by atoms with Crippen molar-refractivity contribution in [3.63, 3.8) is 0 Å². The average Bonchev–Trinajstić information content (AvgIpc) is 2.51. The molecule has 0 unspecified atom stereocenters. The van der Waals surface area contributed by atoms with Crippen LogP contribution in [0.15, 0.2) is 35.4 Å². The van der Waals surface area contributed by atoms with E-state index in [1.54, 1.807) is 0 Å². The first-order valence-electron chi connectivity index (χ1n) is 7.30. The minimum absolute atomic E-state index is 0.120. The molecule has 1 N–H and O–H groups in total. The number of nitrogens with zero attached hydrogens (tertiary/aromatic N) is 2. The van der Waals surface area contributed by atoms with Gasteiger partial charge >= 0.3 is 0 Å². The van der Waals surface area contributed by atoms with Gasteiger partial charge in [0.05, 0.1) is 6.33 Å². The molecular formula is C16H17F2N3O2. The fraction of sp³-hybridized carbons (Fsp3) is 0.312. The third kappa shape index (κ3) is 4.70. The van der Waals surface area contributed by atoms with E-state index in [0.717, 1.165) is 29.5 Å². The molecule has 7 heteroatoms. The van der Waals surface area contributed by atoms with Crippen LogP contribution >= 0.6 is 0 Å². The van der Waals surface area contributed by atoms with Gasteiger partial charge in [0.2, 0.25) is 5.91 Å². The molecule has 23 heavy (non-hydrogen) atoms. The molecule has 0 saturated heterocycles. The second kappa shape index (κ2) is 7.62. The van der Waals surface area contributed by atoms with Crippen molar-refractivity contribution < 1.29 is 13.6 Å². The number of carbonyl (C=O) groups excluding carboxylic acids is 1. The van der Waals surface area contributed by atoms with Gasteiger partial charge in [-0.1, -0.05) is 13.3 Å². The summed E-state index contributed by atoms with van der Waals surface area (Å²) in [4.78, 5) is 27.9. The van der Waals surface area contributed by atoms with E-state index < -0.39 is 17.5 Å². The molecule has 0 atom stereocenters. The maximum Gasteiger partial charge on any atom is 0.253 e. The number of anilines is 1. The van der Waals surface area contributed by atoms with E-state index in [0.29, 0.717) is 12.1 Å². The van der Waals surface area contributed by atoms with Crippen molar-refractivity contribution >= 4 is 11.6 Å². The van der Waals surface area contributed by atoms with Crippen LogP contribution in [0.25, 0.3) is 0 Å². The summed E-state index contributed by atoms with van der Waals surface area (Å²) in [5, 5.41) is 2.40. The molecule has 0 aliphatic carbocycles. The van der Waals surface area contributed by atoms with E-state index in [2.05, 4.69) is 10.3 Å². The molecule has 1 heterocycles. The third-order valence-corrected chi connectivity index (χ3v) is 3.24. The van der Waals surface area contributed by atoms with Crippen molar-refractivity contribution in [1.29, 1.82) is 0 Å². The van der Waals surface area contributed by atoms with Crippen LogP contribution in [-0.4, -0.2) is 15.5 Å². The standard InChI is InChI=1S/C16H17F2N3O2/c1-2-3-4-11-8-16(23)21(10-19-11)9-15(22)20-12-5-6-13(17)14(18)7-12/h5-8,10H,2-4,9H2,1H3,(H,20,22). The molecule has 0 bridgehead atoms. The monoisotopic (exact) mass is 321 g/mol. The molecule has 122 valence electrons. The zero-order valence-electron chi connectivity index (χ0n) is 12.7. The Morgan fingerprint density at radius 1 is 1.26 bits per heavy atom. The summed E-state index contributed by atoms with van der Waals surface area (Å²) in [5.74, 6) is -2.57. The van der Waals surface area contributed by atoms with E-state index in [4.69, 9.17) is 0 Å². The number of hydrogen-bond donors (Lipinski definition) is 1. The largest absolute Gasteiger partial charge is 0.324 e. The van der Waals surface area contributed by atoms with Gasteiger partial charge < -0.3 is 5.32 Å². The van der Waals surface area contributed by atoms with Crippen LogP contribution in [0, 0.1) is 11.6 Å². The Bertz CT molecular complexity index is 759. The lowest BCUT2D eigenvalue weighted by atomic mass is 10.2. The van der Waals surface area contributed by atoms with E-state index in [1.165, 1.54) is 18.5 Å². The predicted molar refractivity (Wildman–Crippen MR) is 82.1 cm³/mol. The van der Waals surface area contributed by atoms with Gasteiger partial charge in [0.1, 0.15) is 6.54 Å². The molecule has 5 nitrogen and oxygen atoms in total. The Kier molecular flexibility index (Phi) is 5.56. The van der Waals surface area contributed by atoms with Crippen LogP contribution in [0.1, 0.15) is 25.5 Å². The highest BCUT2D eigenvalue weighted by atomic mass is 19.2. The zero-order valence-corrected chi connectivity index (χ0v) is 12.7. The van der Waals surface area contributed by atoms with Crippen molar-refractivity contribution in [3.05, 3.63) is 58.3 Å². The third-order valence-electron chi connectivity index (χ3n) is 3.24. The summed E-state index contributed by atoms with van der Waals surface area (Å²) in [5.41, 5.74) is 0.482. The smallest absolute Gasteiger partial charge is 0.253 e. The number of nitrogens with one attached hydrogen (secondary N) is 1. The van der Waals surface area contributed by atoms with Crippen molar-refractivity contribution in [2.45, 2.75) is 32.7 Å².